The molecular weight excluding hydrogens is 180 g/mol. The third-order valence-electron chi connectivity index (χ3n) is 2.17. The van der Waals surface area contributed by atoms with Crippen LogP contribution in [0.25, 0.3) is 0 Å². The fraction of sp³-hybridized carbons (Fsp3) is 0.455. The van der Waals surface area contributed by atoms with E-state index in [-0.39, 0.29) is 6.10 Å². The molecular formula is C11H14O3. The molecule has 0 fully saturated rings. The molecule has 0 radical (unpaired) electrons. The second-order valence-corrected chi connectivity index (χ2v) is 3.46. The maximum Gasteiger partial charge on any atom is 0.161 e. The van der Waals surface area contributed by atoms with Gasteiger partial charge in [-0.2, -0.15) is 0 Å². The van der Waals surface area contributed by atoms with E-state index in [0.29, 0.717) is 13.2 Å². The van der Waals surface area contributed by atoms with E-state index in [1.54, 1.807) is 7.11 Å². The minimum Gasteiger partial charge on any atom is -0.486 e. The average molecular weight is 194 g/mol. The van der Waals surface area contributed by atoms with Crippen molar-refractivity contribution in [1.82, 2.24) is 0 Å². The van der Waals surface area contributed by atoms with Crippen LogP contribution >= 0.6 is 0 Å². The van der Waals surface area contributed by atoms with Crippen LogP contribution in [-0.2, 0) is 4.74 Å². The highest BCUT2D eigenvalue weighted by Crippen LogP contribution is 2.32. The number of benzene rings is 1. The Labute approximate surface area is 83.6 Å². The largest absolute Gasteiger partial charge is 0.486 e. The SMILES string of the molecule is COCC1COc2cc(C)ccc2O1. The van der Waals surface area contributed by atoms with Gasteiger partial charge in [-0.3, -0.25) is 0 Å². The van der Waals surface area contributed by atoms with Crippen molar-refractivity contribution in [2.75, 3.05) is 20.3 Å². The molecule has 0 saturated heterocycles. The predicted molar refractivity (Wildman–Crippen MR) is 53.0 cm³/mol. The Hall–Kier alpha value is -1.22. The van der Waals surface area contributed by atoms with Gasteiger partial charge in [0.25, 0.3) is 0 Å². The van der Waals surface area contributed by atoms with Crippen LogP contribution in [0.1, 0.15) is 5.56 Å². The molecule has 1 unspecified atom stereocenters. The van der Waals surface area contributed by atoms with E-state index in [2.05, 4.69) is 0 Å². The molecule has 0 aliphatic carbocycles. The van der Waals surface area contributed by atoms with Gasteiger partial charge in [0.1, 0.15) is 6.61 Å². The van der Waals surface area contributed by atoms with Crippen molar-refractivity contribution in [2.24, 2.45) is 0 Å². The first-order valence-corrected chi connectivity index (χ1v) is 4.68. The van der Waals surface area contributed by atoms with Gasteiger partial charge in [0.05, 0.1) is 6.61 Å². The van der Waals surface area contributed by atoms with Crippen LogP contribution in [0.5, 0.6) is 11.5 Å². The summed E-state index contributed by atoms with van der Waals surface area (Å²) in [6, 6.07) is 5.93. The maximum absolute atomic E-state index is 5.68. The molecule has 0 spiro atoms. The highest BCUT2D eigenvalue weighted by Gasteiger charge is 2.20. The topological polar surface area (TPSA) is 27.7 Å². The van der Waals surface area contributed by atoms with Gasteiger partial charge >= 0.3 is 0 Å². The van der Waals surface area contributed by atoms with Gasteiger partial charge in [-0.1, -0.05) is 6.07 Å². The minimum absolute atomic E-state index is 0.00945. The summed E-state index contributed by atoms with van der Waals surface area (Å²) in [6.07, 6.45) is 0.00945. The van der Waals surface area contributed by atoms with Gasteiger partial charge in [0.2, 0.25) is 0 Å². The van der Waals surface area contributed by atoms with Crippen molar-refractivity contribution in [3.8, 4) is 11.5 Å². The predicted octanol–water partition coefficient (Wildman–Crippen LogP) is 1.78. The second-order valence-electron chi connectivity index (χ2n) is 3.46. The molecule has 76 valence electrons. The zero-order valence-corrected chi connectivity index (χ0v) is 8.45. The number of methoxy groups -OCH3 is 1. The monoisotopic (exact) mass is 194 g/mol. The van der Waals surface area contributed by atoms with Crippen LogP contribution in [0.4, 0.5) is 0 Å². The van der Waals surface area contributed by atoms with E-state index < -0.39 is 0 Å². The lowest BCUT2D eigenvalue weighted by atomic mass is 10.2. The quantitative estimate of drug-likeness (QED) is 0.718. The van der Waals surface area contributed by atoms with E-state index in [1.807, 2.05) is 25.1 Å². The summed E-state index contributed by atoms with van der Waals surface area (Å²) in [5, 5.41) is 0. The van der Waals surface area contributed by atoms with Crippen molar-refractivity contribution in [1.29, 1.82) is 0 Å². The Morgan fingerprint density at radius 1 is 1.43 bits per heavy atom. The summed E-state index contributed by atoms with van der Waals surface area (Å²) < 4.78 is 16.3. The molecule has 1 aliphatic heterocycles. The molecule has 2 rings (SSSR count). The molecule has 1 aliphatic rings. The van der Waals surface area contributed by atoms with Crippen LogP contribution in [0.2, 0.25) is 0 Å². The minimum atomic E-state index is 0.00945. The number of rotatable bonds is 2. The number of aryl methyl sites for hydroxylation is 1. The molecule has 0 N–H and O–H groups in total. The molecule has 0 aromatic heterocycles. The van der Waals surface area contributed by atoms with Crippen molar-refractivity contribution in [3.63, 3.8) is 0 Å². The Kier molecular flexibility index (Phi) is 2.59. The molecule has 1 heterocycles. The molecule has 0 amide bonds. The highest BCUT2D eigenvalue weighted by atomic mass is 16.6. The molecule has 3 heteroatoms. The lowest BCUT2D eigenvalue weighted by Gasteiger charge is -2.26. The summed E-state index contributed by atoms with van der Waals surface area (Å²) in [5.74, 6) is 1.64. The zero-order chi connectivity index (χ0) is 9.97. The number of hydrogen-bond donors (Lipinski definition) is 0. The normalized spacial score (nSPS) is 19.4. The zero-order valence-electron chi connectivity index (χ0n) is 8.45. The maximum atomic E-state index is 5.68. The van der Waals surface area contributed by atoms with Gasteiger partial charge in [0.15, 0.2) is 17.6 Å². The first-order chi connectivity index (χ1) is 6.79. The van der Waals surface area contributed by atoms with Crippen molar-refractivity contribution in [3.05, 3.63) is 23.8 Å². The van der Waals surface area contributed by atoms with Crippen molar-refractivity contribution in [2.45, 2.75) is 13.0 Å². The van der Waals surface area contributed by atoms with Crippen LogP contribution in [-0.4, -0.2) is 26.4 Å². The molecule has 0 bridgehead atoms. The van der Waals surface area contributed by atoms with Gasteiger partial charge in [-0.25, -0.2) is 0 Å². The van der Waals surface area contributed by atoms with Gasteiger partial charge < -0.3 is 14.2 Å². The van der Waals surface area contributed by atoms with Crippen LogP contribution in [0.3, 0.4) is 0 Å². The summed E-state index contributed by atoms with van der Waals surface area (Å²) in [5.41, 5.74) is 1.18. The summed E-state index contributed by atoms with van der Waals surface area (Å²) in [7, 11) is 1.66. The van der Waals surface area contributed by atoms with Crippen molar-refractivity contribution >= 4 is 0 Å². The van der Waals surface area contributed by atoms with E-state index >= 15 is 0 Å². The third-order valence-corrected chi connectivity index (χ3v) is 2.17. The fourth-order valence-corrected chi connectivity index (χ4v) is 1.49. The Bertz CT molecular complexity index is 322. The lowest BCUT2D eigenvalue weighted by molar-refractivity contribution is 0.0272. The van der Waals surface area contributed by atoms with Crippen LogP contribution in [0, 0.1) is 6.92 Å². The molecule has 1 aromatic carbocycles. The van der Waals surface area contributed by atoms with Crippen LogP contribution < -0.4 is 9.47 Å². The number of hydrogen-bond acceptors (Lipinski definition) is 3. The lowest BCUT2D eigenvalue weighted by Crippen LogP contribution is -2.32. The van der Waals surface area contributed by atoms with Gasteiger partial charge in [-0.05, 0) is 24.6 Å². The standard InChI is InChI=1S/C11H14O3/c1-8-3-4-10-11(5-8)13-7-9(14-10)6-12-2/h3-5,9H,6-7H2,1-2H3. The molecule has 3 nitrogen and oxygen atoms in total. The molecule has 0 saturated carbocycles. The average Bonchev–Trinajstić information content (AvgIpc) is 2.19. The van der Waals surface area contributed by atoms with Crippen molar-refractivity contribution < 1.29 is 14.2 Å². The first kappa shape index (κ1) is 9.34. The van der Waals surface area contributed by atoms with Crippen LogP contribution in [0.15, 0.2) is 18.2 Å². The molecule has 1 aromatic rings. The summed E-state index contributed by atoms with van der Waals surface area (Å²) >= 11 is 0. The third kappa shape index (κ3) is 1.82. The van der Waals surface area contributed by atoms with E-state index in [1.165, 1.54) is 5.56 Å². The first-order valence-electron chi connectivity index (χ1n) is 4.68. The number of ether oxygens (including phenoxy) is 3. The van der Waals surface area contributed by atoms with E-state index in [0.717, 1.165) is 11.5 Å². The fourth-order valence-electron chi connectivity index (χ4n) is 1.49. The Morgan fingerprint density at radius 3 is 3.07 bits per heavy atom. The Morgan fingerprint density at radius 2 is 2.29 bits per heavy atom. The van der Waals surface area contributed by atoms with Gasteiger partial charge in [-0.15, -0.1) is 0 Å². The van der Waals surface area contributed by atoms with E-state index in [4.69, 9.17) is 14.2 Å². The Balaban J connectivity index is 2.15. The summed E-state index contributed by atoms with van der Waals surface area (Å²) in [6.45, 7) is 3.16. The number of fused-ring (bicyclic) bond motifs is 1. The molecule has 1 atom stereocenters. The second kappa shape index (κ2) is 3.88. The molecule has 14 heavy (non-hydrogen) atoms. The van der Waals surface area contributed by atoms with Gasteiger partial charge in [0, 0.05) is 7.11 Å². The highest BCUT2D eigenvalue weighted by molar-refractivity contribution is 5.43. The van der Waals surface area contributed by atoms with E-state index in [9.17, 15) is 0 Å². The smallest absolute Gasteiger partial charge is 0.161 e. The summed E-state index contributed by atoms with van der Waals surface area (Å²) in [4.78, 5) is 0.